The molecule has 0 bridgehead atoms. The van der Waals surface area contributed by atoms with Gasteiger partial charge in [0, 0.05) is 21.6 Å². The maximum absolute atomic E-state index is 12.5. The third-order valence-corrected chi connectivity index (χ3v) is 5.16. The number of carbonyl (C=O) groups excluding carboxylic acids is 2. The lowest BCUT2D eigenvalue weighted by Crippen LogP contribution is -2.32. The normalized spacial score (nSPS) is 17.8. The van der Waals surface area contributed by atoms with E-state index < -0.39 is 0 Å². The fraction of sp³-hybridized carbons (Fsp3) is 0.176. The third kappa shape index (κ3) is 3.03. The molecule has 2 aromatic carbocycles. The van der Waals surface area contributed by atoms with Gasteiger partial charge in [-0.1, -0.05) is 35.9 Å². The van der Waals surface area contributed by atoms with Crippen molar-refractivity contribution in [3.8, 4) is 0 Å². The third-order valence-electron chi connectivity index (χ3n) is 3.59. The van der Waals surface area contributed by atoms with E-state index in [-0.39, 0.29) is 17.7 Å². The van der Waals surface area contributed by atoms with Crippen molar-refractivity contribution in [3.63, 3.8) is 0 Å². The van der Waals surface area contributed by atoms with Gasteiger partial charge in [-0.15, -0.1) is 11.8 Å². The number of hydrogen-bond donors (Lipinski definition) is 0. The predicted octanol–water partition coefficient (Wildman–Crippen LogP) is 4.11. The maximum atomic E-state index is 12.5. The van der Waals surface area contributed by atoms with Crippen LogP contribution < -0.4 is 4.90 Å². The molecule has 0 saturated heterocycles. The number of thioether (sulfide) groups is 1. The van der Waals surface area contributed by atoms with Crippen molar-refractivity contribution in [2.45, 2.75) is 16.6 Å². The summed E-state index contributed by atoms with van der Waals surface area (Å²) >= 11 is 7.58. The number of anilines is 1. The number of fused-ring (bicyclic) bond motifs is 1. The number of aldehydes is 1. The van der Waals surface area contributed by atoms with Gasteiger partial charge in [0.05, 0.1) is 12.2 Å². The molecular formula is C17H14ClNO2S. The molecule has 1 atom stereocenters. The minimum atomic E-state index is -0.0375. The lowest BCUT2D eigenvalue weighted by molar-refractivity contribution is -0.119. The Balaban J connectivity index is 2.00. The number of hydrogen-bond acceptors (Lipinski definition) is 3. The zero-order valence-corrected chi connectivity index (χ0v) is 13.3. The predicted molar refractivity (Wildman–Crippen MR) is 89.5 cm³/mol. The minimum Gasteiger partial charge on any atom is -0.304 e. The van der Waals surface area contributed by atoms with E-state index in [0.29, 0.717) is 11.4 Å². The van der Waals surface area contributed by atoms with Gasteiger partial charge in [-0.3, -0.25) is 4.79 Å². The summed E-state index contributed by atoms with van der Waals surface area (Å²) in [5.74, 6) is -0.0375. The molecule has 112 valence electrons. The van der Waals surface area contributed by atoms with E-state index in [4.69, 9.17) is 11.6 Å². The van der Waals surface area contributed by atoms with Gasteiger partial charge in [-0.25, -0.2) is 0 Å². The van der Waals surface area contributed by atoms with Crippen molar-refractivity contribution < 1.29 is 9.59 Å². The fourth-order valence-electron chi connectivity index (χ4n) is 2.52. The van der Waals surface area contributed by atoms with Crippen LogP contribution in [0.25, 0.3) is 0 Å². The molecule has 0 radical (unpaired) electrons. The number of amides is 1. The number of benzene rings is 2. The Morgan fingerprint density at radius 2 is 1.91 bits per heavy atom. The molecular weight excluding hydrogens is 318 g/mol. The number of para-hydroxylation sites is 1. The summed E-state index contributed by atoms with van der Waals surface area (Å²) in [6.45, 7) is 0.0870. The fourth-order valence-corrected chi connectivity index (χ4v) is 3.92. The van der Waals surface area contributed by atoms with Crippen LogP contribution in [0, 0.1) is 0 Å². The largest absolute Gasteiger partial charge is 0.304 e. The molecule has 1 heterocycles. The first kappa shape index (κ1) is 15.1. The smallest absolute Gasteiger partial charge is 0.228 e. The van der Waals surface area contributed by atoms with Gasteiger partial charge in [-0.05, 0) is 29.8 Å². The summed E-state index contributed by atoms with van der Waals surface area (Å²) in [5, 5.41) is 0.694. The summed E-state index contributed by atoms with van der Waals surface area (Å²) < 4.78 is 0. The first-order chi connectivity index (χ1) is 10.7. The summed E-state index contributed by atoms with van der Waals surface area (Å²) in [6.07, 6.45) is 1.12. The molecule has 3 nitrogen and oxygen atoms in total. The van der Waals surface area contributed by atoms with E-state index in [2.05, 4.69) is 0 Å². The van der Waals surface area contributed by atoms with Crippen LogP contribution in [0.2, 0.25) is 5.02 Å². The first-order valence-electron chi connectivity index (χ1n) is 6.94. The van der Waals surface area contributed by atoms with E-state index in [1.54, 1.807) is 16.7 Å². The van der Waals surface area contributed by atoms with Crippen molar-refractivity contribution in [1.29, 1.82) is 0 Å². The summed E-state index contributed by atoms with van der Waals surface area (Å²) in [7, 11) is 0. The van der Waals surface area contributed by atoms with Gasteiger partial charge >= 0.3 is 0 Å². The van der Waals surface area contributed by atoms with Crippen LogP contribution in [-0.4, -0.2) is 18.7 Å². The zero-order valence-electron chi connectivity index (χ0n) is 11.7. The highest BCUT2D eigenvalue weighted by molar-refractivity contribution is 7.99. The topological polar surface area (TPSA) is 37.4 Å². The summed E-state index contributed by atoms with van der Waals surface area (Å²) in [5.41, 5.74) is 1.87. The van der Waals surface area contributed by atoms with E-state index in [0.717, 1.165) is 22.4 Å². The SMILES string of the molecule is O=CCN1C(=O)CC(c2ccc(Cl)cc2)Sc2ccccc21. The number of nitrogens with zero attached hydrogens (tertiary/aromatic N) is 1. The second kappa shape index (κ2) is 6.55. The van der Waals surface area contributed by atoms with Crippen LogP contribution in [0.3, 0.4) is 0 Å². The average Bonchev–Trinajstić information content (AvgIpc) is 2.66. The molecule has 1 aliphatic rings. The van der Waals surface area contributed by atoms with E-state index in [1.807, 2.05) is 48.5 Å². The molecule has 1 aliphatic heterocycles. The van der Waals surface area contributed by atoms with Crippen LogP contribution in [0.4, 0.5) is 5.69 Å². The molecule has 1 unspecified atom stereocenters. The molecule has 0 fully saturated rings. The number of rotatable bonds is 3. The lowest BCUT2D eigenvalue weighted by atomic mass is 10.1. The Bertz CT molecular complexity index is 702. The monoisotopic (exact) mass is 331 g/mol. The van der Waals surface area contributed by atoms with Gasteiger partial charge in [0.15, 0.2) is 0 Å². The van der Waals surface area contributed by atoms with Gasteiger partial charge in [0.2, 0.25) is 5.91 Å². The Morgan fingerprint density at radius 1 is 1.18 bits per heavy atom. The second-order valence-corrected chi connectivity index (χ2v) is 6.68. The molecule has 2 aromatic rings. The highest BCUT2D eigenvalue weighted by Gasteiger charge is 2.28. The molecule has 0 N–H and O–H groups in total. The molecule has 0 aromatic heterocycles. The van der Waals surface area contributed by atoms with Gasteiger partial charge in [0.25, 0.3) is 0 Å². The van der Waals surface area contributed by atoms with E-state index in [9.17, 15) is 9.59 Å². The number of halogens is 1. The maximum Gasteiger partial charge on any atom is 0.228 e. The molecule has 0 aliphatic carbocycles. The van der Waals surface area contributed by atoms with Crippen LogP contribution in [0.5, 0.6) is 0 Å². The van der Waals surface area contributed by atoms with E-state index >= 15 is 0 Å². The van der Waals surface area contributed by atoms with Crippen LogP contribution in [0.15, 0.2) is 53.4 Å². The van der Waals surface area contributed by atoms with Crippen molar-refractivity contribution in [2.24, 2.45) is 0 Å². The van der Waals surface area contributed by atoms with Crippen molar-refractivity contribution in [3.05, 3.63) is 59.1 Å². The van der Waals surface area contributed by atoms with Crippen molar-refractivity contribution in [1.82, 2.24) is 0 Å². The molecule has 5 heteroatoms. The van der Waals surface area contributed by atoms with Gasteiger partial charge in [-0.2, -0.15) is 0 Å². The molecule has 0 saturated carbocycles. The Morgan fingerprint density at radius 3 is 2.64 bits per heavy atom. The van der Waals surface area contributed by atoms with Gasteiger partial charge < -0.3 is 9.69 Å². The molecule has 1 amide bonds. The van der Waals surface area contributed by atoms with Crippen LogP contribution in [-0.2, 0) is 9.59 Å². The van der Waals surface area contributed by atoms with Gasteiger partial charge in [0.1, 0.15) is 6.29 Å². The summed E-state index contributed by atoms with van der Waals surface area (Å²) in [4.78, 5) is 26.0. The Labute approximate surface area is 138 Å². The van der Waals surface area contributed by atoms with Crippen LogP contribution in [0.1, 0.15) is 17.2 Å². The van der Waals surface area contributed by atoms with Crippen molar-refractivity contribution in [2.75, 3.05) is 11.4 Å². The quantitative estimate of drug-likeness (QED) is 0.794. The molecule has 3 rings (SSSR count). The Kier molecular flexibility index (Phi) is 4.50. The van der Waals surface area contributed by atoms with E-state index in [1.165, 1.54) is 0 Å². The lowest BCUT2D eigenvalue weighted by Gasteiger charge is -2.19. The molecule has 0 spiro atoms. The first-order valence-corrected chi connectivity index (χ1v) is 8.20. The van der Waals surface area contributed by atoms with Crippen molar-refractivity contribution >= 4 is 41.2 Å². The van der Waals surface area contributed by atoms with Crippen LogP contribution >= 0.6 is 23.4 Å². The minimum absolute atomic E-state index is 0.0163. The molecule has 22 heavy (non-hydrogen) atoms. The average molecular weight is 332 g/mol. The summed E-state index contributed by atoms with van der Waals surface area (Å²) in [6, 6.07) is 15.3. The zero-order chi connectivity index (χ0) is 15.5. The number of carbonyl (C=O) groups is 2. The highest BCUT2D eigenvalue weighted by atomic mass is 35.5. The second-order valence-electron chi connectivity index (χ2n) is 5.00. The highest BCUT2D eigenvalue weighted by Crippen LogP contribution is 2.45. The Hall–Kier alpha value is -1.78. The standard InChI is InChI=1S/C17H14ClNO2S/c18-13-7-5-12(6-8-13)16-11-17(21)19(9-10-20)14-3-1-2-4-15(14)22-16/h1-8,10,16H,9,11H2.